The zero-order chi connectivity index (χ0) is 26.3. The van der Waals surface area contributed by atoms with Gasteiger partial charge in [0.05, 0.1) is 11.3 Å². The number of carboxylic acid groups (broad SMARTS) is 1. The molecule has 0 bridgehead atoms. The lowest BCUT2D eigenvalue weighted by Gasteiger charge is -2.23. The van der Waals surface area contributed by atoms with Gasteiger partial charge in [-0.1, -0.05) is 24.3 Å². The summed E-state index contributed by atoms with van der Waals surface area (Å²) < 4.78 is 38.8. The molecule has 4 N–H and O–H groups in total. The van der Waals surface area contributed by atoms with E-state index in [0.29, 0.717) is 29.1 Å². The largest absolute Gasteiger partial charge is 0.482 e. The number of hydrogen-bond donors (Lipinski definition) is 4. The van der Waals surface area contributed by atoms with Crippen molar-refractivity contribution in [3.05, 3.63) is 76.8 Å². The molecule has 0 radical (unpaired) electrons. The van der Waals surface area contributed by atoms with Crippen LogP contribution in [0.3, 0.4) is 0 Å². The summed E-state index contributed by atoms with van der Waals surface area (Å²) in [6.07, 6.45) is 3.22. The minimum atomic E-state index is -2.76. The number of hydrogen-bond acceptors (Lipinski definition) is 6. The van der Waals surface area contributed by atoms with Crippen molar-refractivity contribution in [2.45, 2.75) is 38.5 Å². The van der Waals surface area contributed by atoms with Crippen LogP contribution in [0.25, 0.3) is 11.1 Å². The first-order valence-electron chi connectivity index (χ1n) is 11.4. The standard InChI is InChI=1S/C26H28FN3O5S/c1-26(2)19(13-22(35-26)23-18-9-8-17(27)12-21(18)30-24(23)31)16-6-4-15(5-7-16)14-29-20(25(32)33)10-11-36(3,28)34/h4-9,12-13,20,28-29H,10-11,14H2,1-3H3,(H,30,31)(H,32,33). The van der Waals surface area contributed by atoms with E-state index < -0.39 is 33.2 Å². The number of amides is 1. The first-order chi connectivity index (χ1) is 16.8. The average Bonchev–Trinajstić information content (AvgIpc) is 3.27. The Morgan fingerprint density at radius 2 is 1.94 bits per heavy atom. The van der Waals surface area contributed by atoms with Crippen LogP contribution in [0.4, 0.5) is 10.1 Å². The van der Waals surface area contributed by atoms with Gasteiger partial charge < -0.3 is 20.5 Å². The van der Waals surface area contributed by atoms with Crippen LogP contribution in [-0.4, -0.2) is 44.8 Å². The Balaban J connectivity index is 1.54. The average molecular weight is 514 g/mol. The number of anilines is 1. The van der Waals surface area contributed by atoms with Gasteiger partial charge in [-0.2, -0.15) is 0 Å². The number of rotatable bonds is 8. The first-order valence-corrected chi connectivity index (χ1v) is 13.5. The zero-order valence-corrected chi connectivity index (χ0v) is 21.0. The fourth-order valence-electron chi connectivity index (χ4n) is 4.31. The van der Waals surface area contributed by atoms with Gasteiger partial charge >= 0.3 is 5.97 Å². The van der Waals surface area contributed by atoms with E-state index >= 15 is 0 Å². The van der Waals surface area contributed by atoms with Gasteiger partial charge in [0.1, 0.15) is 23.2 Å². The maximum Gasteiger partial charge on any atom is 0.320 e. The number of nitrogens with one attached hydrogen (secondary N) is 3. The number of carbonyl (C=O) groups excluding carboxylic acids is 1. The molecule has 10 heteroatoms. The van der Waals surface area contributed by atoms with Gasteiger partial charge in [0.15, 0.2) is 0 Å². The molecule has 8 nitrogen and oxygen atoms in total. The van der Waals surface area contributed by atoms with Gasteiger partial charge in [-0.05, 0) is 55.7 Å². The summed E-state index contributed by atoms with van der Waals surface area (Å²) in [6, 6.07) is 10.8. The number of carboxylic acids is 1. The lowest BCUT2D eigenvalue weighted by atomic mass is 9.91. The van der Waals surface area contributed by atoms with Gasteiger partial charge in [-0.3, -0.25) is 18.6 Å². The molecule has 2 atom stereocenters. The number of aliphatic carboxylic acids is 1. The van der Waals surface area contributed by atoms with E-state index in [1.165, 1.54) is 18.4 Å². The Bertz CT molecular complexity index is 1400. The summed E-state index contributed by atoms with van der Waals surface area (Å²) >= 11 is 0. The lowest BCUT2D eigenvalue weighted by Crippen LogP contribution is -2.37. The van der Waals surface area contributed by atoms with Crippen molar-refractivity contribution in [3.8, 4) is 0 Å². The summed E-state index contributed by atoms with van der Waals surface area (Å²) in [5.41, 5.74) is 3.24. The second-order valence-electron chi connectivity index (χ2n) is 9.52. The van der Waals surface area contributed by atoms with Crippen molar-refractivity contribution < 1.29 is 28.0 Å². The van der Waals surface area contributed by atoms with Gasteiger partial charge in [0, 0.05) is 39.4 Å². The maximum atomic E-state index is 13.6. The second-order valence-corrected chi connectivity index (χ2v) is 11.9. The minimum absolute atomic E-state index is 0.00835. The third kappa shape index (κ3) is 5.50. The monoisotopic (exact) mass is 513 g/mol. The van der Waals surface area contributed by atoms with Crippen molar-refractivity contribution in [3.63, 3.8) is 0 Å². The van der Waals surface area contributed by atoms with Gasteiger partial charge in [0.2, 0.25) is 0 Å². The molecule has 4 rings (SSSR count). The quantitative estimate of drug-likeness (QED) is 0.395. The molecule has 0 spiro atoms. The van der Waals surface area contributed by atoms with Crippen LogP contribution in [0.1, 0.15) is 37.0 Å². The third-order valence-electron chi connectivity index (χ3n) is 6.17. The molecular formula is C26H28FN3O5S. The van der Waals surface area contributed by atoms with E-state index in [4.69, 9.17) is 9.52 Å². The molecule has 2 heterocycles. The van der Waals surface area contributed by atoms with Gasteiger partial charge in [0.25, 0.3) is 5.91 Å². The minimum Gasteiger partial charge on any atom is -0.482 e. The summed E-state index contributed by atoms with van der Waals surface area (Å²) in [5, 5.41) is 15.0. The Kier molecular flexibility index (Phi) is 6.76. The molecule has 0 fully saturated rings. The Hall–Kier alpha value is -3.50. The molecular weight excluding hydrogens is 485 g/mol. The number of benzene rings is 2. The van der Waals surface area contributed by atoms with E-state index in [1.807, 2.05) is 44.2 Å². The number of fused-ring (bicyclic) bond motifs is 1. The highest BCUT2D eigenvalue weighted by Gasteiger charge is 2.38. The first kappa shape index (κ1) is 25.6. The smallest absolute Gasteiger partial charge is 0.320 e. The van der Waals surface area contributed by atoms with Crippen LogP contribution in [0.5, 0.6) is 0 Å². The molecule has 2 aliphatic rings. The normalized spacial score (nSPS) is 20.7. The third-order valence-corrected chi connectivity index (χ3v) is 7.19. The molecule has 0 aliphatic carbocycles. The van der Waals surface area contributed by atoms with E-state index in [2.05, 4.69) is 10.6 Å². The zero-order valence-electron chi connectivity index (χ0n) is 20.2. The van der Waals surface area contributed by atoms with Crippen molar-refractivity contribution in [2.75, 3.05) is 17.3 Å². The van der Waals surface area contributed by atoms with Crippen LogP contribution in [0, 0.1) is 10.6 Å². The Morgan fingerprint density at radius 1 is 1.25 bits per heavy atom. The SMILES string of the molecule is CC1(C)OC(=C2C(=O)Nc3cc(F)ccc32)C=C1c1ccc(CNC(CCS(C)(=N)=O)C(=O)O)cc1. The molecule has 0 saturated heterocycles. The summed E-state index contributed by atoms with van der Waals surface area (Å²) in [6.45, 7) is 4.09. The van der Waals surface area contributed by atoms with E-state index in [0.717, 1.165) is 16.7 Å². The van der Waals surface area contributed by atoms with Crippen LogP contribution in [0.15, 0.2) is 54.3 Å². The summed E-state index contributed by atoms with van der Waals surface area (Å²) in [5.74, 6) is -1.41. The van der Waals surface area contributed by atoms with E-state index in [1.54, 1.807) is 6.07 Å². The predicted molar refractivity (Wildman–Crippen MR) is 136 cm³/mol. The number of halogens is 1. The molecule has 36 heavy (non-hydrogen) atoms. The molecule has 2 aliphatic heterocycles. The van der Waals surface area contributed by atoms with Crippen LogP contribution in [-0.2, 0) is 30.6 Å². The fourth-order valence-corrected chi connectivity index (χ4v) is 4.99. The fraction of sp³-hybridized carbons (Fsp3) is 0.308. The predicted octanol–water partition coefficient (Wildman–Crippen LogP) is 3.99. The topological polar surface area (TPSA) is 129 Å². The molecule has 0 saturated carbocycles. The molecule has 190 valence electrons. The highest BCUT2D eigenvalue weighted by atomic mass is 32.2. The van der Waals surface area contributed by atoms with Gasteiger partial charge in [-0.15, -0.1) is 0 Å². The highest BCUT2D eigenvalue weighted by molar-refractivity contribution is 7.91. The Labute approximate surface area is 209 Å². The lowest BCUT2D eigenvalue weighted by molar-refractivity contribution is -0.139. The molecule has 2 unspecified atom stereocenters. The van der Waals surface area contributed by atoms with E-state index in [-0.39, 0.29) is 18.1 Å². The highest BCUT2D eigenvalue weighted by Crippen LogP contribution is 2.44. The molecule has 2 aromatic carbocycles. The molecule has 1 amide bonds. The van der Waals surface area contributed by atoms with Gasteiger partial charge in [-0.25, -0.2) is 4.39 Å². The molecule has 0 aromatic heterocycles. The van der Waals surface area contributed by atoms with Crippen LogP contribution >= 0.6 is 0 Å². The maximum absolute atomic E-state index is 13.6. The summed E-state index contributed by atoms with van der Waals surface area (Å²) in [7, 11) is -2.76. The number of carbonyl (C=O) groups is 2. The van der Waals surface area contributed by atoms with Crippen molar-refractivity contribution in [1.29, 1.82) is 4.78 Å². The Morgan fingerprint density at radius 3 is 2.58 bits per heavy atom. The second kappa shape index (κ2) is 9.51. The van der Waals surface area contributed by atoms with Crippen molar-refractivity contribution in [1.82, 2.24) is 5.32 Å². The van der Waals surface area contributed by atoms with Crippen LogP contribution < -0.4 is 10.6 Å². The van der Waals surface area contributed by atoms with Crippen molar-refractivity contribution >= 4 is 38.4 Å². The summed E-state index contributed by atoms with van der Waals surface area (Å²) in [4.78, 5) is 24.1. The number of ether oxygens (including phenoxy) is 1. The molecule has 2 aromatic rings. The van der Waals surface area contributed by atoms with E-state index in [9.17, 15) is 23.3 Å². The van der Waals surface area contributed by atoms with Crippen molar-refractivity contribution in [2.24, 2.45) is 0 Å². The van der Waals surface area contributed by atoms with Crippen LogP contribution in [0.2, 0.25) is 0 Å². The number of allylic oxidation sites excluding steroid dienone is 1.